The minimum absolute atomic E-state index is 0.157. The lowest BCUT2D eigenvalue weighted by atomic mass is 10.2. The van der Waals surface area contributed by atoms with Gasteiger partial charge in [-0.25, -0.2) is 4.98 Å². The zero-order valence-electron chi connectivity index (χ0n) is 10.4. The summed E-state index contributed by atoms with van der Waals surface area (Å²) < 4.78 is 6.06. The number of aromatic nitrogens is 2. The molecule has 5 nitrogen and oxygen atoms in total. The monoisotopic (exact) mass is 323 g/mol. The number of ether oxygens (including phenoxy) is 1. The third kappa shape index (κ3) is 3.57. The number of nitrogens with one attached hydrogen (secondary N) is 2. The van der Waals surface area contributed by atoms with Gasteiger partial charge in [0.25, 0.3) is 5.91 Å². The van der Waals surface area contributed by atoms with Crippen molar-refractivity contribution in [2.45, 2.75) is 6.42 Å². The van der Waals surface area contributed by atoms with Gasteiger partial charge in [-0.3, -0.25) is 4.79 Å². The summed E-state index contributed by atoms with van der Waals surface area (Å²) in [7, 11) is 1.54. The van der Waals surface area contributed by atoms with E-state index in [0.29, 0.717) is 24.3 Å². The lowest BCUT2D eigenvalue weighted by molar-refractivity contribution is 0.0951. The predicted octanol–water partition coefficient (Wildman–Crippen LogP) is 2.15. The molecule has 1 aromatic heterocycles. The molecule has 0 aliphatic carbocycles. The van der Waals surface area contributed by atoms with Crippen molar-refractivity contribution < 1.29 is 9.53 Å². The van der Waals surface area contributed by atoms with Gasteiger partial charge in [0.2, 0.25) is 0 Å². The van der Waals surface area contributed by atoms with E-state index >= 15 is 0 Å². The molecule has 2 rings (SSSR count). The Labute approximate surface area is 119 Å². The fourth-order valence-electron chi connectivity index (χ4n) is 1.68. The van der Waals surface area contributed by atoms with Crippen LogP contribution in [0.4, 0.5) is 0 Å². The Morgan fingerprint density at radius 2 is 2.37 bits per heavy atom. The van der Waals surface area contributed by atoms with Crippen LogP contribution in [0.25, 0.3) is 0 Å². The van der Waals surface area contributed by atoms with Crippen LogP contribution in [0.5, 0.6) is 5.75 Å². The maximum atomic E-state index is 12.0. The van der Waals surface area contributed by atoms with Crippen molar-refractivity contribution in [3.8, 4) is 5.75 Å². The van der Waals surface area contributed by atoms with Gasteiger partial charge in [0.15, 0.2) is 0 Å². The summed E-state index contributed by atoms with van der Waals surface area (Å²) in [5, 5.41) is 2.84. The van der Waals surface area contributed by atoms with Gasteiger partial charge in [-0.15, -0.1) is 0 Å². The first-order valence-corrected chi connectivity index (χ1v) is 6.60. The molecule has 19 heavy (non-hydrogen) atoms. The molecular weight excluding hydrogens is 310 g/mol. The molecule has 0 saturated heterocycles. The van der Waals surface area contributed by atoms with Gasteiger partial charge in [-0.2, -0.15) is 0 Å². The van der Waals surface area contributed by atoms with Crippen molar-refractivity contribution in [3.63, 3.8) is 0 Å². The molecule has 0 atom stereocenters. The number of carbonyl (C=O) groups excluding carboxylic acids is 1. The summed E-state index contributed by atoms with van der Waals surface area (Å²) in [6.07, 6.45) is 4.11. The van der Waals surface area contributed by atoms with E-state index in [0.717, 1.165) is 10.3 Å². The number of hydrogen-bond acceptors (Lipinski definition) is 3. The van der Waals surface area contributed by atoms with E-state index in [1.54, 1.807) is 31.6 Å². The second-order valence-electron chi connectivity index (χ2n) is 3.89. The van der Waals surface area contributed by atoms with E-state index in [4.69, 9.17) is 4.74 Å². The highest BCUT2D eigenvalue weighted by Gasteiger charge is 2.12. The Hall–Kier alpha value is -1.82. The van der Waals surface area contributed by atoms with Crippen LogP contribution >= 0.6 is 15.9 Å². The van der Waals surface area contributed by atoms with Crippen LogP contribution in [0, 0.1) is 0 Å². The van der Waals surface area contributed by atoms with E-state index in [2.05, 4.69) is 31.2 Å². The van der Waals surface area contributed by atoms with Gasteiger partial charge in [-0.1, -0.05) is 15.9 Å². The number of hydrogen-bond donors (Lipinski definition) is 2. The van der Waals surface area contributed by atoms with Crippen molar-refractivity contribution in [1.29, 1.82) is 0 Å². The maximum Gasteiger partial charge on any atom is 0.255 e. The Kier molecular flexibility index (Phi) is 4.57. The number of H-pyrrole nitrogens is 1. The smallest absolute Gasteiger partial charge is 0.255 e. The lowest BCUT2D eigenvalue weighted by Crippen LogP contribution is -2.26. The number of aromatic amines is 1. The molecule has 2 N–H and O–H groups in total. The number of benzene rings is 1. The number of nitrogens with zero attached hydrogens (tertiary/aromatic N) is 1. The number of imidazole rings is 1. The second kappa shape index (κ2) is 6.38. The topological polar surface area (TPSA) is 67.0 Å². The molecule has 1 heterocycles. The number of methoxy groups -OCH3 is 1. The molecule has 6 heteroatoms. The Morgan fingerprint density at radius 1 is 1.53 bits per heavy atom. The van der Waals surface area contributed by atoms with Crippen LogP contribution in [-0.4, -0.2) is 29.5 Å². The van der Waals surface area contributed by atoms with Crippen molar-refractivity contribution >= 4 is 21.8 Å². The Balaban J connectivity index is 1.96. The zero-order chi connectivity index (χ0) is 13.7. The molecule has 2 aromatic rings. The molecule has 1 aromatic carbocycles. The summed E-state index contributed by atoms with van der Waals surface area (Å²) in [5.74, 6) is 1.24. The zero-order valence-corrected chi connectivity index (χ0v) is 12.0. The quantitative estimate of drug-likeness (QED) is 0.886. The van der Waals surface area contributed by atoms with Gasteiger partial charge in [0.1, 0.15) is 11.6 Å². The van der Waals surface area contributed by atoms with Gasteiger partial charge < -0.3 is 15.0 Å². The van der Waals surface area contributed by atoms with E-state index in [1.807, 2.05) is 6.07 Å². The SMILES string of the molecule is COc1cc(Br)ccc1C(=O)NCCc1ncc[nH]1. The predicted molar refractivity (Wildman–Crippen MR) is 75.3 cm³/mol. The molecule has 0 spiro atoms. The van der Waals surface area contributed by atoms with Crippen molar-refractivity contribution in [2.24, 2.45) is 0 Å². The number of halogens is 1. The van der Waals surface area contributed by atoms with Gasteiger partial charge in [0.05, 0.1) is 12.7 Å². The van der Waals surface area contributed by atoms with Crippen LogP contribution in [0.3, 0.4) is 0 Å². The first-order chi connectivity index (χ1) is 9.20. The molecule has 0 aliphatic heterocycles. The second-order valence-corrected chi connectivity index (χ2v) is 4.80. The average Bonchev–Trinajstić information content (AvgIpc) is 2.91. The molecule has 0 unspecified atom stereocenters. The minimum Gasteiger partial charge on any atom is -0.496 e. The summed E-state index contributed by atoms with van der Waals surface area (Å²) in [4.78, 5) is 19.1. The highest BCUT2D eigenvalue weighted by molar-refractivity contribution is 9.10. The van der Waals surface area contributed by atoms with E-state index < -0.39 is 0 Å². The molecule has 100 valence electrons. The van der Waals surface area contributed by atoms with Crippen LogP contribution < -0.4 is 10.1 Å². The summed E-state index contributed by atoms with van der Waals surface area (Å²) in [5.41, 5.74) is 0.519. The highest BCUT2D eigenvalue weighted by Crippen LogP contribution is 2.23. The van der Waals surface area contributed by atoms with Crippen LogP contribution in [0.1, 0.15) is 16.2 Å². The van der Waals surface area contributed by atoms with Crippen LogP contribution in [0.15, 0.2) is 35.1 Å². The number of carbonyl (C=O) groups is 1. The molecule has 0 radical (unpaired) electrons. The highest BCUT2D eigenvalue weighted by atomic mass is 79.9. The minimum atomic E-state index is -0.157. The van der Waals surface area contributed by atoms with Gasteiger partial charge in [-0.05, 0) is 18.2 Å². The first-order valence-electron chi connectivity index (χ1n) is 5.80. The van der Waals surface area contributed by atoms with Crippen molar-refractivity contribution in [1.82, 2.24) is 15.3 Å². The summed E-state index contributed by atoms with van der Waals surface area (Å²) >= 11 is 3.34. The van der Waals surface area contributed by atoms with E-state index in [9.17, 15) is 4.79 Å². The van der Waals surface area contributed by atoms with Crippen LogP contribution in [-0.2, 0) is 6.42 Å². The van der Waals surface area contributed by atoms with Crippen LogP contribution in [0.2, 0.25) is 0 Å². The number of rotatable bonds is 5. The third-order valence-electron chi connectivity index (χ3n) is 2.61. The maximum absolute atomic E-state index is 12.0. The van der Waals surface area contributed by atoms with Gasteiger partial charge in [0, 0.05) is 29.8 Å². The van der Waals surface area contributed by atoms with E-state index in [-0.39, 0.29) is 5.91 Å². The van der Waals surface area contributed by atoms with E-state index in [1.165, 1.54) is 0 Å². The Bertz CT molecular complexity index is 555. The standard InChI is InChI=1S/C13H14BrN3O2/c1-19-11-8-9(14)2-3-10(11)13(18)17-5-4-12-15-6-7-16-12/h2-3,6-8H,4-5H2,1H3,(H,15,16)(H,17,18). The fraction of sp³-hybridized carbons (Fsp3) is 0.231. The van der Waals surface area contributed by atoms with Crippen molar-refractivity contribution in [2.75, 3.05) is 13.7 Å². The molecule has 0 saturated carbocycles. The molecular formula is C13H14BrN3O2. The molecule has 0 fully saturated rings. The third-order valence-corrected chi connectivity index (χ3v) is 3.10. The fourth-order valence-corrected chi connectivity index (χ4v) is 2.02. The largest absolute Gasteiger partial charge is 0.496 e. The number of amides is 1. The lowest BCUT2D eigenvalue weighted by Gasteiger charge is -2.09. The molecule has 0 bridgehead atoms. The molecule has 1 amide bonds. The average molecular weight is 324 g/mol. The first kappa shape index (κ1) is 13.6. The molecule has 0 aliphatic rings. The summed E-state index contributed by atoms with van der Waals surface area (Å²) in [6, 6.07) is 5.30. The van der Waals surface area contributed by atoms with Gasteiger partial charge >= 0.3 is 0 Å². The Morgan fingerprint density at radius 3 is 3.05 bits per heavy atom. The normalized spacial score (nSPS) is 10.2. The summed E-state index contributed by atoms with van der Waals surface area (Å²) in [6.45, 7) is 0.519. The van der Waals surface area contributed by atoms with Crippen molar-refractivity contribution in [3.05, 3.63) is 46.5 Å².